The summed E-state index contributed by atoms with van der Waals surface area (Å²) in [6, 6.07) is 11.5. The number of hydrogen-bond acceptors (Lipinski definition) is 5. The molecule has 0 aromatic heterocycles. The molecule has 0 amide bonds. The van der Waals surface area contributed by atoms with Gasteiger partial charge in [0, 0.05) is 3.57 Å². The fourth-order valence-corrected chi connectivity index (χ4v) is 2.81. The minimum Gasteiger partial charge on any atom is -0.386 e. The summed E-state index contributed by atoms with van der Waals surface area (Å²) in [6.45, 7) is 0. The Bertz CT molecular complexity index is 830. The molecule has 0 saturated carbocycles. The maximum Gasteiger partial charge on any atom is 0.347 e. The third-order valence-corrected chi connectivity index (χ3v) is 4.22. The average molecular weight is 432 g/mol. The van der Waals surface area contributed by atoms with Gasteiger partial charge in [0.25, 0.3) is 10.1 Å². The lowest BCUT2D eigenvalue weighted by Crippen LogP contribution is -2.16. The zero-order valence-electron chi connectivity index (χ0n) is 10.9. The molecule has 22 heavy (non-hydrogen) atoms. The summed E-state index contributed by atoms with van der Waals surface area (Å²) in [5.41, 5.74) is -0.256. The third kappa shape index (κ3) is 3.90. The quantitative estimate of drug-likeness (QED) is 0.347. The number of ether oxygens (including phenoxy) is 1. The Kier molecular flexibility index (Phi) is 4.94. The molecule has 0 atom stereocenters. The molecule has 2 aromatic rings. The molecular weight excluding hydrogens is 423 g/mol. The summed E-state index contributed by atoms with van der Waals surface area (Å²) in [4.78, 5) is 23.2. The SMILES string of the molecule is O=C(OC(=O)c1cc(I)ccc1S(=O)(=O)O)c1ccccc1. The van der Waals surface area contributed by atoms with E-state index in [0.29, 0.717) is 3.57 Å². The lowest BCUT2D eigenvalue weighted by Gasteiger charge is -2.07. The van der Waals surface area contributed by atoms with Crippen molar-refractivity contribution >= 4 is 44.6 Å². The van der Waals surface area contributed by atoms with Gasteiger partial charge in [-0.15, -0.1) is 0 Å². The maximum absolute atomic E-state index is 12.0. The summed E-state index contributed by atoms with van der Waals surface area (Å²) >= 11 is 1.86. The molecule has 0 bridgehead atoms. The van der Waals surface area contributed by atoms with Gasteiger partial charge in [0.2, 0.25) is 0 Å². The van der Waals surface area contributed by atoms with Crippen LogP contribution in [0.2, 0.25) is 0 Å². The predicted octanol–water partition coefficient (Wildman–Crippen LogP) is 2.54. The number of carbonyl (C=O) groups excluding carboxylic acids is 2. The highest BCUT2D eigenvalue weighted by molar-refractivity contribution is 14.1. The normalized spacial score (nSPS) is 11.0. The van der Waals surface area contributed by atoms with Gasteiger partial charge in [-0.1, -0.05) is 18.2 Å². The first-order chi connectivity index (χ1) is 10.3. The number of carbonyl (C=O) groups is 2. The first kappa shape index (κ1) is 16.6. The predicted molar refractivity (Wildman–Crippen MR) is 85.2 cm³/mol. The van der Waals surface area contributed by atoms with Gasteiger partial charge in [-0.3, -0.25) is 4.55 Å². The van der Waals surface area contributed by atoms with Crippen molar-refractivity contribution in [1.82, 2.24) is 0 Å². The summed E-state index contributed by atoms with van der Waals surface area (Å²) in [6.07, 6.45) is 0. The fraction of sp³-hybridized carbons (Fsp3) is 0. The van der Waals surface area contributed by atoms with Crippen LogP contribution in [0.25, 0.3) is 0 Å². The molecule has 2 rings (SSSR count). The van der Waals surface area contributed by atoms with E-state index in [2.05, 4.69) is 4.74 Å². The minimum atomic E-state index is -4.61. The minimum absolute atomic E-state index is 0.148. The summed E-state index contributed by atoms with van der Waals surface area (Å²) in [5.74, 6) is -2.06. The molecule has 6 nitrogen and oxygen atoms in total. The van der Waals surface area contributed by atoms with Gasteiger partial charge in [-0.2, -0.15) is 8.42 Å². The lowest BCUT2D eigenvalue weighted by atomic mass is 10.2. The van der Waals surface area contributed by atoms with Crippen LogP contribution in [0.1, 0.15) is 20.7 Å². The Hall–Kier alpha value is -1.78. The second-order valence-electron chi connectivity index (χ2n) is 4.16. The van der Waals surface area contributed by atoms with E-state index in [9.17, 15) is 18.0 Å². The van der Waals surface area contributed by atoms with Crippen molar-refractivity contribution in [3.05, 3.63) is 63.2 Å². The molecular formula is C14H9IO6S. The molecule has 0 spiro atoms. The number of halogens is 1. The van der Waals surface area contributed by atoms with Gasteiger partial charge in [0.05, 0.1) is 11.1 Å². The second kappa shape index (κ2) is 6.55. The standard InChI is InChI=1S/C14H9IO6S/c15-10-6-7-12(22(18,19)20)11(8-10)14(17)21-13(16)9-4-2-1-3-5-9/h1-8H,(H,18,19,20). The van der Waals surface area contributed by atoms with E-state index in [1.807, 2.05) is 22.6 Å². The van der Waals surface area contributed by atoms with Gasteiger partial charge in [-0.05, 0) is 52.9 Å². The maximum atomic E-state index is 12.0. The van der Waals surface area contributed by atoms with Crippen molar-refractivity contribution in [1.29, 1.82) is 0 Å². The topological polar surface area (TPSA) is 97.7 Å². The Balaban J connectivity index is 2.34. The molecule has 0 heterocycles. The van der Waals surface area contributed by atoms with Crippen LogP contribution in [-0.2, 0) is 14.9 Å². The molecule has 1 N–H and O–H groups in total. The zero-order valence-corrected chi connectivity index (χ0v) is 13.9. The number of esters is 2. The van der Waals surface area contributed by atoms with E-state index in [1.165, 1.54) is 24.3 Å². The highest BCUT2D eigenvalue weighted by Crippen LogP contribution is 2.20. The zero-order chi connectivity index (χ0) is 16.3. The number of hydrogen-bond donors (Lipinski definition) is 1. The van der Waals surface area contributed by atoms with E-state index in [4.69, 9.17) is 4.55 Å². The summed E-state index contributed by atoms with van der Waals surface area (Å²) in [5, 5.41) is 0. The van der Waals surface area contributed by atoms with Gasteiger partial charge < -0.3 is 4.74 Å². The molecule has 0 saturated heterocycles. The van der Waals surface area contributed by atoms with Crippen LogP contribution in [0, 0.1) is 3.57 Å². The molecule has 2 aromatic carbocycles. The van der Waals surface area contributed by atoms with Crippen LogP contribution in [-0.4, -0.2) is 24.9 Å². The van der Waals surface area contributed by atoms with E-state index in [0.717, 1.165) is 6.07 Å². The van der Waals surface area contributed by atoms with Crippen LogP contribution >= 0.6 is 22.6 Å². The Morgan fingerprint density at radius 2 is 1.64 bits per heavy atom. The molecule has 0 aliphatic carbocycles. The van der Waals surface area contributed by atoms with Gasteiger partial charge in [-0.25, -0.2) is 9.59 Å². The molecule has 114 valence electrons. The Morgan fingerprint density at radius 1 is 1.00 bits per heavy atom. The summed E-state index contributed by atoms with van der Waals surface area (Å²) < 4.78 is 36.9. The number of rotatable bonds is 3. The molecule has 8 heteroatoms. The highest BCUT2D eigenvalue weighted by Gasteiger charge is 2.24. The molecule has 0 unspecified atom stereocenters. The smallest absolute Gasteiger partial charge is 0.347 e. The summed E-state index contributed by atoms with van der Waals surface area (Å²) in [7, 11) is -4.61. The van der Waals surface area contributed by atoms with Crippen LogP contribution in [0.3, 0.4) is 0 Å². The van der Waals surface area contributed by atoms with Gasteiger partial charge in [0.1, 0.15) is 4.90 Å². The first-order valence-corrected chi connectivity index (χ1v) is 8.39. The Labute approximate surface area is 140 Å². The third-order valence-electron chi connectivity index (χ3n) is 2.63. The van der Waals surface area contributed by atoms with Crippen molar-refractivity contribution < 1.29 is 27.3 Å². The van der Waals surface area contributed by atoms with Crippen molar-refractivity contribution in [2.24, 2.45) is 0 Å². The monoisotopic (exact) mass is 432 g/mol. The molecule has 0 aliphatic heterocycles. The van der Waals surface area contributed by atoms with Crippen molar-refractivity contribution in [3.63, 3.8) is 0 Å². The fourth-order valence-electron chi connectivity index (χ4n) is 1.66. The lowest BCUT2D eigenvalue weighted by molar-refractivity contribution is 0.0394. The van der Waals surface area contributed by atoms with Gasteiger partial charge >= 0.3 is 11.9 Å². The van der Waals surface area contributed by atoms with Crippen LogP contribution in [0.4, 0.5) is 0 Å². The number of benzene rings is 2. The first-order valence-electron chi connectivity index (χ1n) is 5.87. The molecule has 0 radical (unpaired) electrons. The Morgan fingerprint density at radius 3 is 2.23 bits per heavy atom. The van der Waals surface area contributed by atoms with E-state index >= 15 is 0 Å². The molecule has 0 fully saturated rings. The van der Waals surface area contributed by atoms with E-state index < -0.39 is 32.5 Å². The molecule has 0 aliphatic rings. The van der Waals surface area contributed by atoms with E-state index in [1.54, 1.807) is 18.2 Å². The van der Waals surface area contributed by atoms with Crippen molar-refractivity contribution in [2.75, 3.05) is 0 Å². The van der Waals surface area contributed by atoms with Crippen molar-refractivity contribution in [2.45, 2.75) is 4.90 Å². The van der Waals surface area contributed by atoms with E-state index in [-0.39, 0.29) is 5.56 Å². The van der Waals surface area contributed by atoms with Crippen LogP contribution < -0.4 is 0 Å². The highest BCUT2D eigenvalue weighted by atomic mass is 127. The largest absolute Gasteiger partial charge is 0.386 e. The second-order valence-corrected chi connectivity index (χ2v) is 6.79. The van der Waals surface area contributed by atoms with Gasteiger partial charge in [0.15, 0.2) is 0 Å². The average Bonchev–Trinajstić information content (AvgIpc) is 2.46. The van der Waals surface area contributed by atoms with Crippen molar-refractivity contribution in [3.8, 4) is 0 Å². The van der Waals surface area contributed by atoms with Crippen LogP contribution in [0.15, 0.2) is 53.4 Å². The van der Waals surface area contributed by atoms with Crippen LogP contribution in [0.5, 0.6) is 0 Å².